The highest BCUT2D eigenvalue weighted by atomic mass is 32.2. The van der Waals surface area contributed by atoms with Gasteiger partial charge < -0.3 is 0 Å². The lowest BCUT2D eigenvalue weighted by Gasteiger charge is -2.22. The number of halogens is 4. The van der Waals surface area contributed by atoms with Gasteiger partial charge >= 0.3 is 0 Å². The Morgan fingerprint density at radius 1 is 1.40 bits per heavy atom. The minimum Gasteiger partial charge on any atom is -0.233 e. The number of rotatable bonds is 0. The molecule has 0 amide bonds. The summed E-state index contributed by atoms with van der Waals surface area (Å²) in [5.41, 5.74) is -5.08. The summed E-state index contributed by atoms with van der Waals surface area (Å²) in [4.78, 5) is 0. The molecule has 60 valence electrons. The van der Waals surface area contributed by atoms with Crippen LogP contribution in [0.5, 0.6) is 0 Å². The third kappa shape index (κ3) is 0.909. The third-order valence-electron chi connectivity index (χ3n) is 1.55. The van der Waals surface area contributed by atoms with Crippen LogP contribution in [0.3, 0.4) is 0 Å². The van der Waals surface area contributed by atoms with E-state index in [1.54, 1.807) is 0 Å². The summed E-state index contributed by atoms with van der Waals surface area (Å²) in [7, 11) is 0. The van der Waals surface area contributed by atoms with E-state index in [9.17, 15) is 17.6 Å². The van der Waals surface area contributed by atoms with E-state index >= 15 is 0 Å². The Labute approximate surface area is 60.0 Å². The first-order valence-electron chi connectivity index (χ1n) is 2.70. The first-order chi connectivity index (χ1) is 4.38. The monoisotopic (exact) mass is 174 g/mol. The first-order valence-corrected chi connectivity index (χ1v) is 3.75. The highest BCUT2D eigenvalue weighted by Crippen LogP contribution is 2.49. The molecule has 0 aromatic rings. The summed E-state index contributed by atoms with van der Waals surface area (Å²) in [6.07, 6.45) is 0. The Morgan fingerprint density at radius 3 is 2.00 bits per heavy atom. The smallest absolute Gasteiger partial charge is 0.233 e. The van der Waals surface area contributed by atoms with E-state index < -0.39 is 22.8 Å². The topological polar surface area (TPSA) is 0 Å². The van der Waals surface area contributed by atoms with Crippen LogP contribution in [0.2, 0.25) is 0 Å². The fourth-order valence-electron chi connectivity index (χ4n) is 0.641. The Hall–Kier alpha value is 0.0700. The largest absolute Gasteiger partial charge is 0.293 e. The standard InChI is InChI=1S/C5H6F4S/c1-4(7)3(6)10-2-5(4,8)9/h3H,2H2,1H3. The summed E-state index contributed by atoms with van der Waals surface area (Å²) in [6, 6.07) is 0. The zero-order chi connectivity index (χ0) is 7.99. The molecule has 2 unspecified atom stereocenters. The van der Waals surface area contributed by atoms with Gasteiger partial charge in [-0.1, -0.05) is 0 Å². The van der Waals surface area contributed by atoms with Crippen LogP contribution < -0.4 is 0 Å². The Morgan fingerprint density at radius 2 is 1.90 bits per heavy atom. The van der Waals surface area contributed by atoms with Crippen molar-refractivity contribution in [2.75, 3.05) is 5.75 Å². The van der Waals surface area contributed by atoms with Crippen molar-refractivity contribution < 1.29 is 17.6 Å². The van der Waals surface area contributed by atoms with Crippen molar-refractivity contribution in [3.63, 3.8) is 0 Å². The molecule has 1 rings (SSSR count). The van der Waals surface area contributed by atoms with Gasteiger partial charge in [0.25, 0.3) is 5.92 Å². The van der Waals surface area contributed by atoms with Crippen molar-refractivity contribution in [3.05, 3.63) is 0 Å². The summed E-state index contributed by atoms with van der Waals surface area (Å²) in [6.45, 7) is 0.595. The maximum atomic E-state index is 12.6. The van der Waals surface area contributed by atoms with E-state index in [2.05, 4.69) is 0 Å². The molecule has 0 aliphatic carbocycles. The van der Waals surface area contributed by atoms with Crippen molar-refractivity contribution in [3.8, 4) is 0 Å². The summed E-state index contributed by atoms with van der Waals surface area (Å²) in [5.74, 6) is -4.28. The van der Waals surface area contributed by atoms with Gasteiger partial charge in [0, 0.05) is 0 Å². The molecule has 0 radical (unpaired) electrons. The highest BCUT2D eigenvalue weighted by molar-refractivity contribution is 8.00. The lowest BCUT2D eigenvalue weighted by molar-refractivity contribution is -0.115. The van der Waals surface area contributed by atoms with Gasteiger partial charge in [-0.05, 0) is 6.92 Å². The molecule has 10 heavy (non-hydrogen) atoms. The molecule has 0 saturated carbocycles. The lowest BCUT2D eigenvalue weighted by atomic mass is 10.0. The molecule has 0 N–H and O–H groups in total. The predicted molar refractivity (Wildman–Crippen MR) is 31.8 cm³/mol. The maximum absolute atomic E-state index is 12.6. The fourth-order valence-corrected chi connectivity index (χ4v) is 1.76. The second-order valence-electron chi connectivity index (χ2n) is 2.41. The molecule has 0 aromatic heterocycles. The van der Waals surface area contributed by atoms with Crippen LogP contribution in [0.15, 0.2) is 0 Å². The van der Waals surface area contributed by atoms with Gasteiger partial charge in [-0.2, -0.15) is 0 Å². The van der Waals surface area contributed by atoms with Gasteiger partial charge in [0.15, 0.2) is 5.50 Å². The third-order valence-corrected chi connectivity index (χ3v) is 2.82. The Balaban J connectivity index is 2.84. The van der Waals surface area contributed by atoms with E-state index in [-0.39, 0.29) is 0 Å². The van der Waals surface area contributed by atoms with Gasteiger partial charge in [-0.3, -0.25) is 0 Å². The second kappa shape index (κ2) is 2.03. The number of hydrogen-bond donors (Lipinski definition) is 0. The van der Waals surface area contributed by atoms with Crippen molar-refractivity contribution in [2.24, 2.45) is 0 Å². The van der Waals surface area contributed by atoms with E-state index in [0.717, 1.165) is 0 Å². The molecule has 2 atom stereocenters. The molecule has 5 heteroatoms. The summed E-state index contributed by atoms with van der Waals surface area (Å²) in [5, 5.41) is 0. The van der Waals surface area contributed by atoms with E-state index in [1.165, 1.54) is 0 Å². The molecule has 0 aromatic carbocycles. The molecule has 1 heterocycles. The Bertz CT molecular complexity index is 145. The average Bonchev–Trinajstić information content (AvgIpc) is 1.94. The molecular formula is C5H6F4S. The molecular weight excluding hydrogens is 168 g/mol. The van der Waals surface area contributed by atoms with Gasteiger partial charge in [0.2, 0.25) is 5.67 Å². The molecule has 0 nitrogen and oxygen atoms in total. The Kier molecular flexibility index (Phi) is 1.66. The second-order valence-corrected chi connectivity index (χ2v) is 3.44. The van der Waals surface area contributed by atoms with Crippen LogP contribution in [-0.4, -0.2) is 22.8 Å². The van der Waals surface area contributed by atoms with Crippen LogP contribution in [0, 0.1) is 0 Å². The lowest BCUT2D eigenvalue weighted by Crippen LogP contribution is -2.42. The van der Waals surface area contributed by atoms with Crippen molar-refractivity contribution in [1.29, 1.82) is 0 Å². The predicted octanol–water partition coefficient (Wildman–Crippen LogP) is 2.39. The summed E-state index contributed by atoms with van der Waals surface area (Å²) >= 11 is 0.319. The SMILES string of the molecule is CC1(F)C(F)SCC1(F)F. The zero-order valence-corrected chi connectivity index (χ0v) is 6.02. The van der Waals surface area contributed by atoms with Crippen molar-refractivity contribution in [1.82, 2.24) is 0 Å². The van der Waals surface area contributed by atoms with Crippen LogP contribution in [-0.2, 0) is 0 Å². The summed E-state index contributed by atoms with van der Waals surface area (Å²) < 4.78 is 49.6. The van der Waals surface area contributed by atoms with Gasteiger partial charge in [0.1, 0.15) is 0 Å². The minimum absolute atomic E-state index is 0.319. The maximum Gasteiger partial charge on any atom is 0.293 e. The van der Waals surface area contributed by atoms with Gasteiger partial charge in [-0.15, -0.1) is 11.8 Å². The molecule has 0 spiro atoms. The molecule has 1 aliphatic rings. The van der Waals surface area contributed by atoms with Crippen LogP contribution in [0.25, 0.3) is 0 Å². The van der Waals surface area contributed by atoms with E-state index in [4.69, 9.17) is 0 Å². The quantitative estimate of drug-likeness (QED) is 0.508. The number of alkyl halides is 4. The zero-order valence-electron chi connectivity index (χ0n) is 5.20. The molecule has 1 fully saturated rings. The van der Waals surface area contributed by atoms with E-state index in [0.29, 0.717) is 18.7 Å². The van der Waals surface area contributed by atoms with Crippen LogP contribution >= 0.6 is 11.8 Å². The van der Waals surface area contributed by atoms with Crippen molar-refractivity contribution >= 4 is 11.8 Å². The van der Waals surface area contributed by atoms with E-state index in [1.807, 2.05) is 0 Å². The van der Waals surface area contributed by atoms with Gasteiger partial charge in [-0.25, -0.2) is 17.6 Å². The normalized spacial score (nSPS) is 45.9. The number of hydrogen-bond acceptors (Lipinski definition) is 1. The molecule has 1 aliphatic heterocycles. The van der Waals surface area contributed by atoms with Crippen molar-refractivity contribution in [2.45, 2.75) is 24.0 Å². The molecule has 1 saturated heterocycles. The minimum atomic E-state index is -3.52. The first kappa shape index (κ1) is 8.17. The van der Waals surface area contributed by atoms with Crippen LogP contribution in [0.4, 0.5) is 17.6 Å². The average molecular weight is 174 g/mol. The number of thioether (sulfide) groups is 1. The fraction of sp³-hybridized carbons (Fsp3) is 1.00. The highest BCUT2D eigenvalue weighted by Gasteiger charge is 2.62. The van der Waals surface area contributed by atoms with Gasteiger partial charge in [0.05, 0.1) is 5.75 Å². The van der Waals surface area contributed by atoms with Crippen LogP contribution in [0.1, 0.15) is 6.92 Å². The molecule has 0 bridgehead atoms.